The Labute approximate surface area is 101 Å². The summed E-state index contributed by atoms with van der Waals surface area (Å²) in [7, 11) is 1.43. The molecule has 4 heteroatoms. The van der Waals surface area contributed by atoms with Gasteiger partial charge in [-0.15, -0.1) is 0 Å². The minimum Gasteiger partial charge on any atom is -0.467 e. The van der Waals surface area contributed by atoms with Crippen LogP contribution < -0.4 is 0 Å². The lowest BCUT2D eigenvalue weighted by molar-refractivity contribution is -0.151. The number of ether oxygens (including phenoxy) is 3. The molecule has 0 unspecified atom stereocenters. The predicted molar refractivity (Wildman–Crippen MR) is 58.4 cm³/mol. The first-order valence-corrected chi connectivity index (χ1v) is 6.53. The van der Waals surface area contributed by atoms with E-state index in [0.29, 0.717) is 0 Å². The van der Waals surface area contributed by atoms with Crippen LogP contribution in [0.4, 0.5) is 0 Å². The monoisotopic (exact) mass is 238 g/mol. The maximum Gasteiger partial charge on any atom is 0.344 e. The highest BCUT2D eigenvalue weighted by Gasteiger charge is 2.90. The van der Waals surface area contributed by atoms with E-state index in [1.807, 2.05) is 6.92 Å². The van der Waals surface area contributed by atoms with Crippen molar-refractivity contribution in [2.45, 2.75) is 62.4 Å². The second-order valence-corrected chi connectivity index (χ2v) is 6.21. The van der Waals surface area contributed by atoms with E-state index in [9.17, 15) is 4.79 Å². The summed E-state index contributed by atoms with van der Waals surface area (Å²) >= 11 is 0. The third kappa shape index (κ3) is 0.868. The van der Waals surface area contributed by atoms with Crippen molar-refractivity contribution in [3.05, 3.63) is 0 Å². The Hall–Kier alpha value is -0.610. The molecule has 3 heterocycles. The zero-order valence-corrected chi connectivity index (χ0v) is 10.3. The highest BCUT2D eigenvalue weighted by atomic mass is 16.7. The number of fused-ring (bicyclic) bond motifs is 6. The van der Waals surface area contributed by atoms with E-state index in [1.54, 1.807) is 0 Å². The van der Waals surface area contributed by atoms with Crippen LogP contribution in [-0.4, -0.2) is 36.5 Å². The Kier molecular flexibility index (Phi) is 1.64. The number of rotatable bonds is 1. The fourth-order valence-electron chi connectivity index (χ4n) is 4.80. The number of hydrogen-bond acceptors (Lipinski definition) is 4. The van der Waals surface area contributed by atoms with Crippen molar-refractivity contribution in [2.24, 2.45) is 5.41 Å². The van der Waals surface area contributed by atoms with Gasteiger partial charge < -0.3 is 14.2 Å². The molecule has 3 saturated heterocycles. The first kappa shape index (κ1) is 10.3. The molecule has 0 radical (unpaired) electrons. The smallest absolute Gasteiger partial charge is 0.344 e. The molecule has 0 amide bonds. The van der Waals surface area contributed by atoms with Gasteiger partial charge in [0.25, 0.3) is 0 Å². The summed E-state index contributed by atoms with van der Waals surface area (Å²) in [5.41, 5.74) is -0.916. The normalized spacial score (nSPS) is 52.8. The van der Waals surface area contributed by atoms with Gasteiger partial charge in [0.1, 0.15) is 11.7 Å². The fraction of sp³-hybridized carbons (Fsp3) is 0.923. The second-order valence-electron chi connectivity index (χ2n) is 6.21. The minimum atomic E-state index is -0.778. The van der Waals surface area contributed by atoms with E-state index in [-0.39, 0.29) is 23.6 Å². The number of hydrogen-bond donors (Lipinski definition) is 0. The molecule has 0 aromatic heterocycles. The van der Waals surface area contributed by atoms with Crippen LogP contribution in [0.1, 0.15) is 39.0 Å². The lowest BCUT2D eigenvalue weighted by Crippen LogP contribution is -2.49. The van der Waals surface area contributed by atoms with E-state index >= 15 is 0 Å². The van der Waals surface area contributed by atoms with Crippen LogP contribution in [0.5, 0.6) is 0 Å². The van der Waals surface area contributed by atoms with Crippen molar-refractivity contribution >= 4 is 5.97 Å². The van der Waals surface area contributed by atoms with E-state index in [4.69, 9.17) is 14.2 Å². The Morgan fingerprint density at radius 3 is 2.65 bits per heavy atom. The summed E-state index contributed by atoms with van der Waals surface area (Å²) in [6, 6.07) is 0. The minimum absolute atomic E-state index is 0.0805. The lowest BCUT2D eigenvalue weighted by atomic mass is 9.65. The Bertz CT molecular complexity index is 400. The van der Waals surface area contributed by atoms with Crippen molar-refractivity contribution in [2.75, 3.05) is 7.11 Å². The summed E-state index contributed by atoms with van der Waals surface area (Å²) in [5, 5.41) is 0. The third-order valence-electron chi connectivity index (χ3n) is 5.56. The van der Waals surface area contributed by atoms with Gasteiger partial charge >= 0.3 is 5.97 Å². The zero-order chi connectivity index (χ0) is 11.9. The summed E-state index contributed by atoms with van der Waals surface area (Å²) in [5.74, 6) is -0.250. The Morgan fingerprint density at radius 2 is 2.06 bits per heavy atom. The van der Waals surface area contributed by atoms with Gasteiger partial charge in [0.15, 0.2) is 0 Å². The van der Waals surface area contributed by atoms with Gasteiger partial charge in [0.2, 0.25) is 5.60 Å². The number of esters is 1. The molecule has 0 aromatic rings. The molecular formula is C13H18O4. The van der Waals surface area contributed by atoms with Crippen molar-refractivity contribution in [1.82, 2.24) is 0 Å². The molecule has 0 aromatic carbocycles. The quantitative estimate of drug-likeness (QED) is 0.512. The molecule has 4 fully saturated rings. The number of carbonyl (C=O) groups excluding carboxylic acids is 1. The Balaban J connectivity index is 1.72. The maximum atomic E-state index is 11.9. The molecule has 0 N–H and O–H groups in total. The van der Waals surface area contributed by atoms with E-state index in [0.717, 1.165) is 6.42 Å². The SMILES string of the molecule is COC(=O)[C@@]12O[C@@]1(C)[C@H]1O[C@H]2CC12CCCC2. The molecule has 1 saturated carbocycles. The first-order chi connectivity index (χ1) is 8.09. The van der Waals surface area contributed by atoms with E-state index in [2.05, 4.69) is 0 Å². The van der Waals surface area contributed by atoms with Crippen LogP contribution in [0.2, 0.25) is 0 Å². The van der Waals surface area contributed by atoms with Crippen LogP contribution in [-0.2, 0) is 19.0 Å². The molecule has 2 bridgehead atoms. The van der Waals surface area contributed by atoms with Gasteiger partial charge in [-0.25, -0.2) is 4.79 Å². The molecule has 1 spiro atoms. The molecule has 94 valence electrons. The van der Waals surface area contributed by atoms with Gasteiger partial charge in [-0.3, -0.25) is 0 Å². The van der Waals surface area contributed by atoms with Crippen LogP contribution in [0.15, 0.2) is 0 Å². The highest BCUT2D eigenvalue weighted by molar-refractivity contribution is 5.87. The molecule has 4 nitrogen and oxygen atoms in total. The van der Waals surface area contributed by atoms with Crippen molar-refractivity contribution < 1.29 is 19.0 Å². The van der Waals surface area contributed by atoms with Crippen LogP contribution >= 0.6 is 0 Å². The molecule has 4 rings (SSSR count). The molecule has 3 aliphatic heterocycles. The average molecular weight is 238 g/mol. The summed E-state index contributed by atoms with van der Waals surface area (Å²) < 4.78 is 16.8. The van der Waals surface area contributed by atoms with Gasteiger partial charge in [-0.1, -0.05) is 12.8 Å². The highest BCUT2D eigenvalue weighted by Crippen LogP contribution is 2.72. The molecule has 4 aliphatic rings. The van der Waals surface area contributed by atoms with Gasteiger partial charge in [-0.2, -0.15) is 0 Å². The average Bonchev–Trinajstić information content (AvgIpc) is 2.72. The van der Waals surface area contributed by atoms with Gasteiger partial charge in [-0.05, 0) is 26.2 Å². The number of methoxy groups -OCH3 is 1. The third-order valence-corrected chi connectivity index (χ3v) is 5.56. The van der Waals surface area contributed by atoms with Gasteiger partial charge in [0.05, 0.1) is 13.2 Å². The zero-order valence-electron chi connectivity index (χ0n) is 10.3. The predicted octanol–water partition coefficient (Wildman–Crippen LogP) is 1.42. The maximum absolute atomic E-state index is 11.9. The fourth-order valence-corrected chi connectivity index (χ4v) is 4.80. The molecule has 17 heavy (non-hydrogen) atoms. The first-order valence-electron chi connectivity index (χ1n) is 6.53. The van der Waals surface area contributed by atoms with Gasteiger partial charge in [0, 0.05) is 5.41 Å². The van der Waals surface area contributed by atoms with Crippen molar-refractivity contribution in [3.63, 3.8) is 0 Å². The van der Waals surface area contributed by atoms with E-state index in [1.165, 1.54) is 32.8 Å². The number of epoxide rings is 1. The van der Waals surface area contributed by atoms with Crippen LogP contribution in [0, 0.1) is 5.41 Å². The van der Waals surface area contributed by atoms with Crippen LogP contribution in [0.3, 0.4) is 0 Å². The van der Waals surface area contributed by atoms with Crippen molar-refractivity contribution in [3.8, 4) is 0 Å². The van der Waals surface area contributed by atoms with Crippen molar-refractivity contribution in [1.29, 1.82) is 0 Å². The second kappa shape index (κ2) is 2.69. The molecular weight excluding hydrogens is 220 g/mol. The summed E-state index contributed by atoms with van der Waals surface area (Å²) in [6.07, 6.45) is 6.02. The Morgan fingerprint density at radius 1 is 1.35 bits per heavy atom. The molecule has 4 atom stereocenters. The lowest BCUT2D eigenvalue weighted by Gasteiger charge is -2.33. The standard InChI is InChI=1S/C13H18O4/c1-11-9-12(5-3-4-6-12)7-8(16-9)13(11,17-11)10(14)15-2/h8-9H,3-7H2,1-2H3/t8-,9+,11-,13+/m0/s1. The summed E-state index contributed by atoms with van der Waals surface area (Å²) in [4.78, 5) is 11.9. The summed E-state index contributed by atoms with van der Waals surface area (Å²) in [6.45, 7) is 2.02. The topological polar surface area (TPSA) is 48.1 Å². The van der Waals surface area contributed by atoms with Crippen LogP contribution in [0.25, 0.3) is 0 Å². The number of carbonyl (C=O) groups is 1. The van der Waals surface area contributed by atoms with E-state index < -0.39 is 11.2 Å². The molecule has 1 aliphatic carbocycles. The largest absolute Gasteiger partial charge is 0.467 e.